The molecular weight excluding hydrogens is 522 g/mol. The molecule has 1 saturated carbocycles. The number of Topliss-reactive ketones (excluding diaryl/α,β-unsaturated/α-hetero) is 1. The highest BCUT2D eigenvalue weighted by molar-refractivity contribution is 6.37. The van der Waals surface area contributed by atoms with E-state index in [1.165, 1.54) is 11.3 Å². The van der Waals surface area contributed by atoms with Crippen LogP contribution >= 0.6 is 0 Å². The minimum Gasteiger partial charge on any atom is -0.363 e. The summed E-state index contributed by atoms with van der Waals surface area (Å²) in [6, 6.07) is 4.97. The van der Waals surface area contributed by atoms with E-state index in [4.69, 9.17) is 5.73 Å². The van der Waals surface area contributed by atoms with E-state index in [-0.39, 0.29) is 23.8 Å². The second kappa shape index (κ2) is 15.0. The highest BCUT2D eigenvalue weighted by Crippen LogP contribution is 2.34. The van der Waals surface area contributed by atoms with Crippen LogP contribution in [-0.4, -0.2) is 65.1 Å². The molecule has 0 bridgehead atoms. The quantitative estimate of drug-likeness (QED) is 0.302. The molecule has 0 aromatic heterocycles. The van der Waals surface area contributed by atoms with Crippen molar-refractivity contribution in [3.8, 4) is 0 Å². The van der Waals surface area contributed by atoms with Crippen molar-refractivity contribution in [3.63, 3.8) is 0 Å². The molecule has 5 N–H and O–H groups in total. The highest BCUT2D eigenvalue weighted by Gasteiger charge is 2.43. The van der Waals surface area contributed by atoms with Crippen molar-refractivity contribution < 1.29 is 24.0 Å². The number of carbonyl (C=O) groups excluding carboxylic acids is 5. The van der Waals surface area contributed by atoms with Gasteiger partial charge in [0.15, 0.2) is 0 Å². The molecule has 10 nitrogen and oxygen atoms in total. The summed E-state index contributed by atoms with van der Waals surface area (Å²) in [7, 11) is 0. The Hall–Kier alpha value is -3.43. The number of nitrogens with two attached hydrogens (primary N) is 1. The molecule has 1 aromatic rings. The molecule has 2 fully saturated rings. The van der Waals surface area contributed by atoms with Gasteiger partial charge < -0.3 is 26.6 Å². The number of primary amides is 1. The summed E-state index contributed by atoms with van der Waals surface area (Å²) in [5.41, 5.74) is 7.53. The van der Waals surface area contributed by atoms with Crippen LogP contribution in [0.25, 0.3) is 0 Å². The van der Waals surface area contributed by atoms with Crippen LogP contribution in [0.15, 0.2) is 24.3 Å². The lowest BCUT2D eigenvalue weighted by Gasteiger charge is -2.32. The van der Waals surface area contributed by atoms with Gasteiger partial charge in [-0.05, 0) is 68.4 Å². The molecular formula is C31H47N5O5. The highest BCUT2D eigenvalue weighted by atomic mass is 16.2. The maximum Gasteiger partial charge on any atom is 0.315 e. The van der Waals surface area contributed by atoms with Crippen LogP contribution < -0.4 is 21.7 Å². The van der Waals surface area contributed by atoms with Crippen molar-refractivity contribution in [3.05, 3.63) is 35.4 Å². The first kappa shape index (κ1) is 32.1. The van der Waals surface area contributed by atoms with E-state index in [2.05, 4.69) is 29.8 Å². The third-order valence-electron chi connectivity index (χ3n) is 8.08. The number of rotatable bonds is 11. The Morgan fingerprint density at radius 1 is 0.951 bits per heavy atom. The van der Waals surface area contributed by atoms with Gasteiger partial charge in [-0.2, -0.15) is 0 Å². The van der Waals surface area contributed by atoms with Crippen molar-refractivity contribution in [2.24, 2.45) is 17.6 Å². The van der Waals surface area contributed by atoms with Gasteiger partial charge in [0, 0.05) is 12.6 Å². The summed E-state index contributed by atoms with van der Waals surface area (Å²) in [4.78, 5) is 65.6. The van der Waals surface area contributed by atoms with E-state index >= 15 is 0 Å². The topological polar surface area (TPSA) is 151 Å². The standard InChI is InChI=1S/C28H39N5O5.C3H8/c1-3-16(2)30-28(38)32-23(20-14-18-7-4-5-8-19(18)15-20)27(37)33-12-6-9-22(33)26(36)31-21(13-17-10-11-17)24(34)25(29)35;1-3-2/h4-5,7-8,16-17,20-23H,3,6,9-15H2,1-2H3,(H2,29,35)(H,31,36)(H2,30,32,38);3H2,1-2H3/t16?,21?,22-,23?;/m0./s1. The van der Waals surface area contributed by atoms with Crippen molar-refractivity contribution in [1.82, 2.24) is 20.9 Å². The number of hydrogen-bond acceptors (Lipinski definition) is 5. The van der Waals surface area contributed by atoms with Crippen molar-refractivity contribution >= 4 is 29.5 Å². The fourth-order valence-corrected chi connectivity index (χ4v) is 5.56. The molecule has 0 radical (unpaired) electrons. The van der Waals surface area contributed by atoms with Gasteiger partial charge in [-0.25, -0.2) is 4.79 Å². The van der Waals surface area contributed by atoms with Gasteiger partial charge >= 0.3 is 6.03 Å². The second-order valence-electron chi connectivity index (χ2n) is 11.7. The Morgan fingerprint density at radius 3 is 2.10 bits per heavy atom. The van der Waals surface area contributed by atoms with Crippen molar-refractivity contribution in [2.45, 2.75) is 110 Å². The third-order valence-corrected chi connectivity index (χ3v) is 8.08. The molecule has 10 heteroatoms. The second-order valence-corrected chi connectivity index (χ2v) is 11.7. The van der Waals surface area contributed by atoms with Crippen molar-refractivity contribution in [1.29, 1.82) is 0 Å². The summed E-state index contributed by atoms with van der Waals surface area (Å²) < 4.78 is 0. The first-order valence-corrected chi connectivity index (χ1v) is 15.2. The normalized spacial score (nSPS) is 20.1. The smallest absolute Gasteiger partial charge is 0.315 e. The Morgan fingerprint density at radius 2 is 1.56 bits per heavy atom. The van der Waals surface area contributed by atoms with Gasteiger partial charge in [0.1, 0.15) is 12.1 Å². The van der Waals surface area contributed by atoms with Gasteiger partial charge in [-0.15, -0.1) is 0 Å². The molecule has 226 valence electrons. The number of nitrogens with one attached hydrogen (secondary N) is 3. The average molecular weight is 570 g/mol. The van der Waals surface area contributed by atoms with Gasteiger partial charge in [0.25, 0.3) is 5.91 Å². The molecule has 5 amide bonds. The van der Waals surface area contributed by atoms with Gasteiger partial charge in [-0.1, -0.05) is 64.3 Å². The molecule has 2 aliphatic carbocycles. The maximum atomic E-state index is 14.0. The van der Waals surface area contributed by atoms with E-state index < -0.39 is 41.8 Å². The minimum absolute atomic E-state index is 0.0527. The monoisotopic (exact) mass is 569 g/mol. The summed E-state index contributed by atoms with van der Waals surface area (Å²) in [5, 5.41) is 8.50. The molecule has 3 unspecified atom stereocenters. The predicted octanol–water partition coefficient (Wildman–Crippen LogP) is 2.61. The van der Waals surface area contributed by atoms with E-state index in [1.54, 1.807) is 0 Å². The Balaban J connectivity index is 0.00000147. The Labute approximate surface area is 243 Å². The largest absolute Gasteiger partial charge is 0.363 e. The lowest BCUT2D eigenvalue weighted by Crippen LogP contribution is -2.59. The van der Waals surface area contributed by atoms with E-state index in [0.717, 1.165) is 30.4 Å². The lowest BCUT2D eigenvalue weighted by atomic mass is 9.94. The summed E-state index contributed by atoms with van der Waals surface area (Å²) >= 11 is 0. The fraction of sp³-hybridized carbons (Fsp3) is 0.645. The van der Waals surface area contributed by atoms with E-state index in [0.29, 0.717) is 38.6 Å². The van der Waals surface area contributed by atoms with Crippen LogP contribution in [-0.2, 0) is 32.0 Å². The maximum absolute atomic E-state index is 14.0. The molecule has 1 heterocycles. The molecule has 4 atom stereocenters. The summed E-state index contributed by atoms with van der Waals surface area (Å²) in [6.45, 7) is 8.49. The molecule has 4 rings (SSSR count). The van der Waals surface area contributed by atoms with E-state index in [9.17, 15) is 24.0 Å². The van der Waals surface area contributed by atoms with Gasteiger partial charge in [-0.3, -0.25) is 19.2 Å². The molecule has 1 saturated heterocycles. The lowest BCUT2D eigenvalue weighted by molar-refractivity contribution is -0.142. The van der Waals surface area contributed by atoms with E-state index in [1.807, 2.05) is 38.1 Å². The number of hydrogen-bond donors (Lipinski definition) is 4. The fourth-order valence-electron chi connectivity index (χ4n) is 5.56. The number of ketones is 1. The zero-order valence-corrected chi connectivity index (χ0v) is 24.9. The summed E-state index contributed by atoms with van der Waals surface area (Å²) in [5.74, 6) is -2.52. The minimum atomic E-state index is -1.08. The Bertz CT molecular complexity index is 1080. The first-order chi connectivity index (χ1) is 19.6. The average Bonchev–Trinajstić information content (AvgIpc) is 3.44. The van der Waals surface area contributed by atoms with Crippen LogP contribution in [0.5, 0.6) is 0 Å². The van der Waals surface area contributed by atoms with Crippen LogP contribution in [0.3, 0.4) is 0 Å². The zero-order valence-electron chi connectivity index (χ0n) is 24.9. The summed E-state index contributed by atoms with van der Waals surface area (Å²) in [6.07, 6.45) is 6.63. The Kier molecular flexibility index (Phi) is 11.7. The number of benzene rings is 1. The van der Waals surface area contributed by atoms with Crippen LogP contribution in [0.1, 0.15) is 83.8 Å². The van der Waals surface area contributed by atoms with Gasteiger partial charge in [0.05, 0.1) is 6.04 Å². The van der Waals surface area contributed by atoms with Gasteiger partial charge in [0.2, 0.25) is 17.6 Å². The predicted molar refractivity (Wildman–Crippen MR) is 157 cm³/mol. The third kappa shape index (κ3) is 8.78. The molecule has 3 aliphatic rings. The number of fused-ring (bicyclic) bond motifs is 1. The number of amides is 5. The number of likely N-dealkylation sites (tertiary alicyclic amines) is 1. The van der Waals surface area contributed by atoms with Crippen LogP contribution in [0.2, 0.25) is 0 Å². The van der Waals surface area contributed by atoms with Crippen molar-refractivity contribution in [2.75, 3.05) is 6.54 Å². The molecule has 0 spiro atoms. The SMILES string of the molecule is CCC.CCC(C)NC(=O)NC(C(=O)N1CCC[C@H]1C(=O)NC(CC1CC1)C(=O)C(N)=O)C1Cc2ccccc2C1. The van der Waals surface area contributed by atoms with Crippen LogP contribution in [0.4, 0.5) is 4.79 Å². The first-order valence-electron chi connectivity index (χ1n) is 15.2. The zero-order chi connectivity index (χ0) is 30.1. The molecule has 1 aliphatic heterocycles. The van der Waals surface area contributed by atoms with Crippen LogP contribution in [0, 0.1) is 11.8 Å². The number of carbonyl (C=O) groups is 5. The number of nitrogens with zero attached hydrogens (tertiary/aromatic N) is 1. The number of urea groups is 1. The molecule has 1 aromatic carbocycles. The molecule has 41 heavy (non-hydrogen) atoms.